The molecule has 0 spiro atoms. The van der Waals surface area contributed by atoms with Crippen LogP contribution in [-0.2, 0) is 20.9 Å². The summed E-state index contributed by atoms with van der Waals surface area (Å²) in [6.45, 7) is 2.43. The van der Waals surface area contributed by atoms with Crippen LogP contribution < -0.4 is 0 Å². The fourth-order valence-corrected chi connectivity index (χ4v) is 3.19. The molecule has 2 aromatic carbocycles. The van der Waals surface area contributed by atoms with E-state index in [-0.39, 0.29) is 0 Å². The standard InChI is InChI=1S/C19H17NO3S/c1-13-7-3-4-8-14(13)12-23-19-17(11-18(21)22-2)24-16-10-6-5-9-15(16)20-19/h3-11H,12H2,1-2H3/b17-11-. The molecule has 1 heterocycles. The molecule has 122 valence electrons. The van der Waals surface area contributed by atoms with E-state index in [1.54, 1.807) is 0 Å². The van der Waals surface area contributed by atoms with Crippen molar-refractivity contribution >= 4 is 29.3 Å². The van der Waals surface area contributed by atoms with Gasteiger partial charge in [0, 0.05) is 11.0 Å². The second-order valence-corrected chi connectivity index (χ2v) is 6.32. The van der Waals surface area contributed by atoms with Crippen molar-refractivity contribution in [2.75, 3.05) is 7.11 Å². The highest BCUT2D eigenvalue weighted by atomic mass is 32.2. The lowest BCUT2D eigenvalue weighted by Crippen LogP contribution is -2.11. The van der Waals surface area contributed by atoms with Gasteiger partial charge in [0.15, 0.2) is 0 Å². The van der Waals surface area contributed by atoms with Crippen LogP contribution in [0.2, 0.25) is 0 Å². The summed E-state index contributed by atoms with van der Waals surface area (Å²) in [6.07, 6.45) is 1.41. The largest absolute Gasteiger partial charge is 0.472 e. The molecule has 4 nitrogen and oxygen atoms in total. The highest BCUT2D eigenvalue weighted by molar-refractivity contribution is 8.04. The number of methoxy groups -OCH3 is 1. The van der Waals surface area contributed by atoms with Crippen molar-refractivity contribution in [1.29, 1.82) is 0 Å². The van der Waals surface area contributed by atoms with Crippen LogP contribution in [0.3, 0.4) is 0 Å². The zero-order valence-corrected chi connectivity index (χ0v) is 14.3. The first-order valence-corrected chi connectivity index (χ1v) is 8.32. The van der Waals surface area contributed by atoms with Gasteiger partial charge in [-0.05, 0) is 30.2 Å². The van der Waals surface area contributed by atoms with Crippen molar-refractivity contribution in [3.63, 3.8) is 0 Å². The van der Waals surface area contributed by atoms with E-state index in [0.717, 1.165) is 21.7 Å². The van der Waals surface area contributed by atoms with Gasteiger partial charge in [-0.2, -0.15) is 0 Å². The van der Waals surface area contributed by atoms with Crippen molar-refractivity contribution in [2.24, 2.45) is 4.99 Å². The minimum Gasteiger partial charge on any atom is -0.472 e. The van der Waals surface area contributed by atoms with Gasteiger partial charge in [0.25, 0.3) is 0 Å². The molecule has 0 aromatic heterocycles. The van der Waals surface area contributed by atoms with Gasteiger partial charge in [-0.15, -0.1) is 0 Å². The van der Waals surface area contributed by atoms with Crippen LogP contribution >= 0.6 is 11.8 Å². The van der Waals surface area contributed by atoms with Crippen LogP contribution in [0, 0.1) is 6.92 Å². The van der Waals surface area contributed by atoms with Crippen LogP contribution in [0.4, 0.5) is 5.69 Å². The maximum atomic E-state index is 11.6. The Morgan fingerprint density at radius 1 is 1.17 bits per heavy atom. The van der Waals surface area contributed by atoms with E-state index < -0.39 is 5.97 Å². The molecule has 0 bridgehead atoms. The number of thioether (sulfide) groups is 1. The SMILES string of the molecule is COC(=O)/C=C1\Sc2ccccc2N=C1OCc1ccccc1C. The molecule has 0 saturated heterocycles. The van der Waals surface area contributed by atoms with Crippen molar-refractivity contribution in [1.82, 2.24) is 0 Å². The van der Waals surface area contributed by atoms with Crippen molar-refractivity contribution in [3.8, 4) is 0 Å². The van der Waals surface area contributed by atoms with Gasteiger partial charge in [0.05, 0.1) is 17.7 Å². The quantitative estimate of drug-likeness (QED) is 0.614. The van der Waals surface area contributed by atoms with Crippen LogP contribution in [0.1, 0.15) is 11.1 Å². The average Bonchev–Trinajstić information content (AvgIpc) is 2.61. The Kier molecular flexibility index (Phi) is 5.01. The number of hydrogen-bond acceptors (Lipinski definition) is 5. The number of para-hydroxylation sites is 1. The van der Waals surface area contributed by atoms with E-state index in [1.807, 2.05) is 55.5 Å². The Bertz CT molecular complexity index is 827. The molecule has 5 heteroatoms. The van der Waals surface area contributed by atoms with Gasteiger partial charge < -0.3 is 9.47 Å². The number of aliphatic imine (C=N–C) groups is 1. The highest BCUT2D eigenvalue weighted by Gasteiger charge is 2.21. The Morgan fingerprint density at radius 3 is 2.71 bits per heavy atom. The summed E-state index contributed by atoms with van der Waals surface area (Å²) in [5, 5.41) is 0. The van der Waals surface area contributed by atoms with Crippen LogP contribution in [0.25, 0.3) is 0 Å². The van der Waals surface area contributed by atoms with E-state index in [0.29, 0.717) is 17.4 Å². The molecular formula is C19H17NO3S. The number of aryl methyl sites for hydroxylation is 1. The second kappa shape index (κ2) is 7.36. The van der Waals surface area contributed by atoms with Gasteiger partial charge >= 0.3 is 5.97 Å². The lowest BCUT2D eigenvalue weighted by Gasteiger charge is -2.18. The van der Waals surface area contributed by atoms with Crippen LogP contribution in [0.5, 0.6) is 0 Å². The first-order chi connectivity index (χ1) is 11.7. The molecule has 0 saturated carbocycles. The lowest BCUT2D eigenvalue weighted by molar-refractivity contribution is -0.134. The third-order valence-corrected chi connectivity index (χ3v) is 4.67. The number of nitrogens with zero attached hydrogens (tertiary/aromatic N) is 1. The highest BCUT2D eigenvalue weighted by Crippen LogP contribution is 2.40. The summed E-state index contributed by atoms with van der Waals surface area (Å²) in [7, 11) is 1.35. The zero-order valence-electron chi connectivity index (χ0n) is 13.5. The van der Waals surface area contributed by atoms with Gasteiger partial charge in [-0.25, -0.2) is 9.79 Å². The second-order valence-electron chi connectivity index (χ2n) is 5.23. The fraction of sp³-hybridized carbons (Fsp3) is 0.158. The average molecular weight is 339 g/mol. The molecule has 0 amide bonds. The molecule has 24 heavy (non-hydrogen) atoms. The summed E-state index contributed by atoms with van der Waals surface area (Å²) in [4.78, 5) is 17.8. The molecule has 1 aliphatic heterocycles. The Labute approximate surface area is 145 Å². The van der Waals surface area contributed by atoms with E-state index >= 15 is 0 Å². The minimum absolute atomic E-state index is 0.396. The third-order valence-electron chi connectivity index (χ3n) is 3.59. The fourth-order valence-electron chi connectivity index (χ4n) is 2.24. The molecular weight excluding hydrogens is 322 g/mol. The molecule has 0 N–H and O–H groups in total. The predicted octanol–water partition coefficient (Wildman–Crippen LogP) is 4.40. The van der Waals surface area contributed by atoms with Crippen LogP contribution in [-0.4, -0.2) is 19.0 Å². The number of benzene rings is 2. The van der Waals surface area contributed by atoms with E-state index in [4.69, 9.17) is 9.47 Å². The van der Waals surface area contributed by atoms with Gasteiger partial charge in [0.1, 0.15) is 6.61 Å². The number of ether oxygens (including phenoxy) is 2. The number of fused-ring (bicyclic) bond motifs is 1. The monoisotopic (exact) mass is 339 g/mol. The van der Waals surface area contributed by atoms with Gasteiger partial charge in [0.2, 0.25) is 5.90 Å². The number of hydrogen-bond donors (Lipinski definition) is 0. The summed E-state index contributed by atoms with van der Waals surface area (Å²) in [6, 6.07) is 15.8. The summed E-state index contributed by atoms with van der Waals surface area (Å²) < 4.78 is 10.6. The first kappa shape index (κ1) is 16.3. The zero-order chi connectivity index (χ0) is 16.9. The smallest absolute Gasteiger partial charge is 0.331 e. The molecule has 0 radical (unpaired) electrons. The molecule has 3 rings (SSSR count). The lowest BCUT2D eigenvalue weighted by atomic mass is 10.1. The summed E-state index contributed by atoms with van der Waals surface area (Å²) >= 11 is 1.45. The maximum absolute atomic E-state index is 11.6. The Hall–Kier alpha value is -2.53. The summed E-state index contributed by atoms with van der Waals surface area (Å²) in [5.41, 5.74) is 3.08. The topological polar surface area (TPSA) is 47.9 Å². The van der Waals surface area contributed by atoms with Crippen molar-refractivity contribution < 1.29 is 14.3 Å². The Morgan fingerprint density at radius 2 is 1.92 bits per heavy atom. The van der Waals surface area contributed by atoms with E-state index in [2.05, 4.69) is 4.99 Å². The molecule has 1 aliphatic rings. The molecule has 0 atom stereocenters. The van der Waals surface area contributed by atoms with E-state index in [9.17, 15) is 4.79 Å². The van der Waals surface area contributed by atoms with Crippen molar-refractivity contribution in [2.45, 2.75) is 18.4 Å². The third kappa shape index (κ3) is 3.68. The van der Waals surface area contributed by atoms with Crippen LogP contribution in [0.15, 0.2) is 69.4 Å². The molecule has 0 unspecified atom stereocenters. The molecule has 0 aliphatic carbocycles. The number of carbonyl (C=O) groups excluding carboxylic acids is 1. The number of rotatable bonds is 3. The minimum atomic E-state index is -0.427. The number of carbonyl (C=O) groups is 1. The van der Waals surface area contributed by atoms with Gasteiger partial charge in [-0.1, -0.05) is 48.2 Å². The normalized spacial score (nSPS) is 14.8. The molecule has 2 aromatic rings. The van der Waals surface area contributed by atoms with E-state index in [1.165, 1.54) is 24.9 Å². The first-order valence-electron chi connectivity index (χ1n) is 7.50. The van der Waals surface area contributed by atoms with Crippen molar-refractivity contribution in [3.05, 3.63) is 70.6 Å². The summed E-state index contributed by atoms with van der Waals surface area (Å²) in [5.74, 6) is 0.0106. The predicted molar refractivity (Wildman–Crippen MR) is 95.5 cm³/mol. The number of esters is 1. The maximum Gasteiger partial charge on any atom is 0.331 e. The molecule has 0 fully saturated rings. The Balaban J connectivity index is 1.89. The van der Waals surface area contributed by atoms with Gasteiger partial charge in [-0.3, -0.25) is 0 Å².